The third-order valence-electron chi connectivity index (χ3n) is 5.17. The Bertz CT molecular complexity index is 1140. The first-order chi connectivity index (χ1) is 16.0. The number of carbonyl (C=O) groups excluding carboxylic acids is 3. The van der Waals surface area contributed by atoms with Gasteiger partial charge in [0.05, 0.1) is 12.6 Å². The maximum absolute atomic E-state index is 13.4. The maximum atomic E-state index is 13.4. The highest BCUT2D eigenvalue weighted by Crippen LogP contribution is 2.35. The molecule has 0 saturated carbocycles. The van der Waals surface area contributed by atoms with Gasteiger partial charge in [-0.3, -0.25) is 9.59 Å². The molecule has 186 valence electrons. The minimum absolute atomic E-state index is 0.00275. The van der Waals surface area contributed by atoms with Gasteiger partial charge in [-0.05, 0) is 12.3 Å². The van der Waals surface area contributed by atoms with E-state index in [4.69, 9.17) is 24.8 Å². The van der Waals surface area contributed by atoms with Crippen molar-refractivity contribution in [3.63, 3.8) is 0 Å². The molecular formula is C21H29N5O8. The lowest BCUT2D eigenvalue weighted by Crippen LogP contribution is -2.37. The summed E-state index contributed by atoms with van der Waals surface area (Å²) in [5.74, 6) is -1.83. The summed E-state index contributed by atoms with van der Waals surface area (Å²) in [4.78, 5) is 62.3. The molecule has 0 unspecified atom stereocenters. The number of ether oxygens (including phenoxy) is 3. The van der Waals surface area contributed by atoms with Crippen LogP contribution < -0.4 is 16.3 Å². The minimum atomic E-state index is -1.15. The third kappa shape index (κ3) is 5.35. The Balaban J connectivity index is 2.08. The first kappa shape index (κ1) is 25.1. The van der Waals surface area contributed by atoms with Crippen LogP contribution in [-0.4, -0.2) is 55.5 Å². The van der Waals surface area contributed by atoms with E-state index >= 15 is 0 Å². The van der Waals surface area contributed by atoms with Gasteiger partial charge in [-0.25, -0.2) is 19.1 Å². The summed E-state index contributed by atoms with van der Waals surface area (Å²) in [6, 6.07) is 0. The lowest BCUT2D eigenvalue weighted by atomic mass is 10.1. The number of hydrogen-bond donors (Lipinski definition) is 1. The van der Waals surface area contributed by atoms with Crippen LogP contribution in [0.3, 0.4) is 0 Å². The summed E-state index contributed by atoms with van der Waals surface area (Å²) < 4.78 is 18.7. The molecule has 2 aromatic heterocycles. The SMILES string of the molecule is CC[C@@H](OC(C)=O)[C@@H]1C[C@@H](OC(C)=O)[C@H](n2c(=O)n(OC(=O)CC(C)C)c3cnc(N)nc32)O1. The first-order valence-electron chi connectivity index (χ1n) is 11.0. The van der Waals surface area contributed by atoms with Crippen LogP contribution in [0, 0.1) is 5.92 Å². The van der Waals surface area contributed by atoms with Gasteiger partial charge in [-0.2, -0.15) is 4.98 Å². The highest BCUT2D eigenvalue weighted by atomic mass is 16.7. The van der Waals surface area contributed by atoms with Crippen LogP contribution in [0.4, 0.5) is 5.95 Å². The van der Waals surface area contributed by atoms with Crippen LogP contribution in [0.5, 0.6) is 0 Å². The number of nitrogen functional groups attached to an aromatic ring is 1. The van der Waals surface area contributed by atoms with Crippen molar-refractivity contribution in [2.24, 2.45) is 5.92 Å². The predicted octanol–water partition coefficient (Wildman–Crippen LogP) is 0.737. The Morgan fingerprint density at radius 3 is 2.56 bits per heavy atom. The van der Waals surface area contributed by atoms with E-state index in [2.05, 4.69) is 9.97 Å². The fourth-order valence-electron chi connectivity index (χ4n) is 3.87. The molecule has 34 heavy (non-hydrogen) atoms. The lowest BCUT2D eigenvalue weighted by molar-refractivity contribution is -0.158. The molecule has 0 radical (unpaired) electrons. The van der Waals surface area contributed by atoms with Gasteiger partial charge in [0.1, 0.15) is 23.8 Å². The Morgan fingerprint density at radius 2 is 1.97 bits per heavy atom. The molecule has 0 spiro atoms. The van der Waals surface area contributed by atoms with E-state index in [1.807, 2.05) is 20.8 Å². The van der Waals surface area contributed by atoms with E-state index in [1.54, 1.807) is 0 Å². The van der Waals surface area contributed by atoms with Gasteiger partial charge < -0.3 is 24.8 Å². The van der Waals surface area contributed by atoms with Gasteiger partial charge in [-0.15, -0.1) is 4.73 Å². The van der Waals surface area contributed by atoms with Gasteiger partial charge in [0.25, 0.3) is 0 Å². The molecule has 4 atom stereocenters. The van der Waals surface area contributed by atoms with Crippen LogP contribution in [0.15, 0.2) is 11.0 Å². The number of carbonyl (C=O) groups is 3. The Hall–Kier alpha value is -3.48. The van der Waals surface area contributed by atoms with Crippen molar-refractivity contribution in [1.29, 1.82) is 0 Å². The fourth-order valence-corrected chi connectivity index (χ4v) is 3.87. The number of nitrogens with zero attached hydrogens (tertiary/aromatic N) is 4. The molecule has 3 heterocycles. The van der Waals surface area contributed by atoms with Crippen molar-refractivity contribution in [1.82, 2.24) is 19.3 Å². The zero-order valence-corrected chi connectivity index (χ0v) is 19.7. The molecule has 1 aliphatic rings. The van der Waals surface area contributed by atoms with E-state index < -0.39 is 48.1 Å². The van der Waals surface area contributed by atoms with Gasteiger partial charge >= 0.3 is 23.6 Å². The van der Waals surface area contributed by atoms with Crippen LogP contribution in [0.2, 0.25) is 0 Å². The molecule has 0 bridgehead atoms. The molecule has 2 aromatic rings. The molecular weight excluding hydrogens is 450 g/mol. The Labute approximate surface area is 195 Å². The maximum Gasteiger partial charge on any atom is 0.366 e. The minimum Gasteiger partial charge on any atom is -0.460 e. The quantitative estimate of drug-likeness (QED) is 0.530. The second-order valence-electron chi connectivity index (χ2n) is 8.45. The molecule has 0 aliphatic carbocycles. The average Bonchev–Trinajstić information content (AvgIpc) is 3.23. The van der Waals surface area contributed by atoms with Crippen molar-refractivity contribution in [2.45, 2.75) is 78.4 Å². The highest BCUT2D eigenvalue weighted by Gasteiger charge is 2.45. The number of rotatable bonds is 8. The number of imidazole rings is 1. The molecule has 1 aliphatic heterocycles. The summed E-state index contributed by atoms with van der Waals surface area (Å²) in [5.41, 5.74) is 5.06. The van der Waals surface area contributed by atoms with Crippen molar-refractivity contribution in [3.05, 3.63) is 16.7 Å². The van der Waals surface area contributed by atoms with Gasteiger partial charge in [0, 0.05) is 20.3 Å². The highest BCUT2D eigenvalue weighted by molar-refractivity contribution is 5.75. The fraction of sp³-hybridized carbons (Fsp3) is 0.619. The molecule has 3 rings (SSSR count). The van der Waals surface area contributed by atoms with Crippen molar-refractivity contribution in [2.75, 3.05) is 5.73 Å². The van der Waals surface area contributed by atoms with Gasteiger partial charge in [-0.1, -0.05) is 20.8 Å². The molecule has 1 saturated heterocycles. The summed E-state index contributed by atoms with van der Waals surface area (Å²) in [6.45, 7) is 7.99. The second-order valence-corrected chi connectivity index (χ2v) is 8.45. The molecule has 2 N–H and O–H groups in total. The van der Waals surface area contributed by atoms with E-state index in [0.717, 1.165) is 9.30 Å². The number of aromatic nitrogens is 4. The molecule has 13 heteroatoms. The van der Waals surface area contributed by atoms with Crippen LogP contribution >= 0.6 is 0 Å². The van der Waals surface area contributed by atoms with Crippen LogP contribution in [-0.2, 0) is 28.6 Å². The predicted molar refractivity (Wildman–Crippen MR) is 117 cm³/mol. The van der Waals surface area contributed by atoms with Crippen molar-refractivity contribution in [3.8, 4) is 0 Å². The third-order valence-corrected chi connectivity index (χ3v) is 5.17. The smallest absolute Gasteiger partial charge is 0.366 e. The number of anilines is 1. The zero-order valence-electron chi connectivity index (χ0n) is 19.7. The summed E-state index contributed by atoms with van der Waals surface area (Å²) >= 11 is 0. The molecule has 0 amide bonds. The van der Waals surface area contributed by atoms with Crippen molar-refractivity contribution < 1.29 is 33.4 Å². The van der Waals surface area contributed by atoms with Crippen LogP contribution in [0.1, 0.15) is 60.1 Å². The Morgan fingerprint density at radius 1 is 1.26 bits per heavy atom. The Kier molecular flexibility index (Phi) is 7.54. The van der Waals surface area contributed by atoms with E-state index in [0.29, 0.717) is 6.42 Å². The summed E-state index contributed by atoms with van der Waals surface area (Å²) in [5, 5.41) is 0. The zero-order chi connectivity index (χ0) is 25.2. The number of esters is 2. The summed E-state index contributed by atoms with van der Waals surface area (Å²) in [7, 11) is 0. The molecule has 1 fully saturated rings. The second kappa shape index (κ2) is 10.2. The average molecular weight is 479 g/mol. The van der Waals surface area contributed by atoms with E-state index in [1.165, 1.54) is 20.0 Å². The number of hydrogen-bond acceptors (Lipinski definition) is 11. The normalized spacial score (nSPS) is 20.9. The van der Waals surface area contributed by atoms with Crippen molar-refractivity contribution >= 4 is 35.0 Å². The molecule has 13 nitrogen and oxygen atoms in total. The lowest BCUT2D eigenvalue weighted by Gasteiger charge is -2.22. The largest absolute Gasteiger partial charge is 0.460 e. The molecule has 0 aromatic carbocycles. The standard InChI is InChI=1S/C21H29N5O8/c1-6-14(31-11(4)27)15-8-16(32-12(5)28)19(33-15)25-18-13(9-23-20(22)24-18)26(21(25)30)34-17(29)7-10(2)3/h9-10,14-16,19H,6-8H2,1-5H3,(H2,22,23,24)/t14-,15+,16-,19-/m1/s1. The summed E-state index contributed by atoms with van der Waals surface area (Å²) in [6.07, 6.45) is -1.44. The van der Waals surface area contributed by atoms with Gasteiger partial charge in [0.2, 0.25) is 5.95 Å². The monoisotopic (exact) mass is 479 g/mol. The van der Waals surface area contributed by atoms with Gasteiger partial charge in [0.15, 0.2) is 11.9 Å². The number of nitrogens with two attached hydrogens (primary N) is 1. The first-order valence-corrected chi connectivity index (χ1v) is 11.0. The van der Waals surface area contributed by atoms with Crippen LogP contribution in [0.25, 0.3) is 11.2 Å². The van der Waals surface area contributed by atoms with E-state index in [9.17, 15) is 19.2 Å². The number of fused-ring (bicyclic) bond motifs is 1. The van der Waals surface area contributed by atoms with E-state index in [-0.39, 0.29) is 35.9 Å². The topological polar surface area (TPSA) is 167 Å².